The number of hydrogen-bond donors (Lipinski definition) is 2. The summed E-state index contributed by atoms with van der Waals surface area (Å²) in [4.78, 5) is 17.7. The second-order valence-electron chi connectivity index (χ2n) is 3.33. The molecule has 0 saturated carbocycles. The van der Waals surface area contributed by atoms with E-state index in [4.69, 9.17) is 26.8 Å². The third-order valence-corrected chi connectivity index (χ3v) is 2.48. The van der Waals surface area contributed by atoms with Gasteiger partial charge >= 0.3 is 0 Å². The highest BCUT2D eigenvalue weighted by molar-refractivity contribution is 6.32. The van der Waals surface area contributed by atoms with Gasteiger partial charge in [0.1, 0.15) is 0 Å². The molecule has 3 N–H and O–H groups in total. The molecule has 0 aliphatic heterocycles. The lowest BCUT2D eigenvalue weighted by Gasteiger charge is -2.10. The van der Waals surface area contributed by atoms with Crippen molar-refractivity contribution in [2.75, 3.05) is 12.8 Å². The fraction of sp³-hybridized carbons (Fsp3) is 0.0909. The van der Waals surface area contributed by atoms with Crippen LogP contribution in [0.15, 0.2) is 29.3 Å². The summed E-state index contributed by atoms with van der Waals surface area (Å²) in [6, 6.07) is 4.93. The summed E-state index contributed by atoms with van der Waals surface area (Å²) in [6.45, 7) is 0. The Balaban J connectivity index is 2.47. The van der Waals surface area contributed by atoms with Crippen LogP contribution in [-0.4, -0.2) is 17.1 Å². The Kier molecular flexibility index (Phi) is 3.38. The first-order chi connectivity index (χ1) is 8.63. The first-order valence-electron chi connectivity index (χ1n) is 4.97. The Morgan fingerprint density at radius 2 is 2.17 bits per heavy atom. The van der Waals surface area contributed by atoms with Crippen LogP contribution < -0.4 is 20.8 Å². The summed E-state index contributed by atoms with van der Waals surface area (Å²) in [5.41, 5.74) is 5.62. The van der Waals surface area contributed by atoms with Gasteiger partial charge in [0.2, 0.25) is 5.75 Å². The van der Waals surface area contributed by atoms with Crippen molar-refractivity contribution in [3.8, 4) is 17.4 Å². The molecule has 0 aliphatic rings. The molecule has 2 rings (SSSR count). The second kappa shape index (κ2) is 4.97. The average molecular weight is 268 g/mol. The number of nitrogen functional groups attached to an aromatic ring is 1. The zero-order valence-corrected chi connectivity index (χ0v) is 10.2. The molecule has 18 heavy (non-hydrogen) atoms. The molecule has 0 atom stereocenters. The van der Waals surface area contributed by atoms with Gasteiger partial charge in [0.25, 0.3) is 11.4 Å². The van der Waals surface area contributed by atoms with E-state index < -0.39 is 5.56 Å². The molecule has 7 heteroatoms. The lowest BCUT2D eigenvalue weighted by atomic mass is 10.3. The van der Waals surface area contributed by atoms with E-state index >= 15 is 0 Å². The molecule has 0 amide bonds. The molecule has 0 radical (unpaired) electrons. The van der Waals surface area contributed by atoms with Crippen LogP contribution in [0.25, 0.3) is 0 Å². The number of H-pyrrole nitrogens is 1. The topological polar surface area (TPSA) is 90.2 Å². The highest BCUT2D eigenvalue weighted by atomic mass is 35.5. The van der Waals surface area contributed by atoms with Gasteiger partial charge in [-0.2, -0.15) is 0 Å². The zero-order valence-electron chi connectivity index (χ0n) is 9.44. The van der Waals surface area contributed by atoms with Gasteiger partial charge in [-0.25, -0.2) is 4.98 Å². The van der Waals surface area contributed by atoms with Crippen molar-refractivity contribution >= 4 is 17.3 Å². The predicted octanol–water partition coefficient (Wildman–Crippen LogP) is 1.81. The number of aromatic amines is 1. The molecule has 0 spiro atoms. The van der Waals surface area contributed by atoms with Gasteiger partial charge in [-0.05, 0) is 12.1 Å². The highest BCUT2D eigenvalue weighted by Gasteiger charge is 2.14. The van der Waals surface area contributed by atoms with Gasteiger partial charge in [0, 0.05) is 0 Å². The summed E-state index contributed by atoms with van der Waals surface area (Å²) in [5.74, 6) is 0.188. The quantitative estimate of drug-likeness (QED) is 0.828. The van der Waals surface area contributed by atoms with E-state index in [1.807, 2.05) is 0 Å². The third-order valence-electron chi connectivity index (χ3n) is 2.18. The van der Waals surface area contributed by atoms with Gasteiger partial charge in [-0.15, -0.1) is 0 Å². The minimum absolute atomic E-state index is 0.000972. The van der Waals surface area contributed by atoms with E-state index in [9.17, 15) is 4.79 Å². The monoisotopic (exact) mass is 267 g/mol. The number of anilines is 1. The Morgan fingerprint density at radius 1 is 1.39 bits per heavy atom. The molecule has 0 aliphatic carbocycles. The van der Waals surface area contributed by atoms with E-state index in [1.54, 1.807) is 18.2 Å². The van der Waals surface area contributed by atoms with E-state index in [2.05, 4.69) is 9.97 Å². The Hall–Kier alpha value is -2.21. The van der Waals surface area contributed by atoms with Crippen molar-refractivity contribution in [2.45, 2.75) is 0 Å². The standard InChI is InChI=1S/C11H10ClN3O3/c1-17-9-10(16)14-5-15-11(9)18-8-6(12)3-2-4-7(8)13/h2-5H,13H2,1H3,(H,14,15,16). The number of nitrogens with one attached hydrogen (secondary N) is 1. The fourth-order valence-electron chi connectivity index (χ4n) is 1.35. The van der Waals surface area contributed by atoms with E-state index in [1.165, 1.54) is 13.4 Å². The number of methoxy groups -OCH3 is 1. The van der Waals surface area contributed by atoms with Crippen LogP contribution in [0.1, 0.15) is 0 Å². The van der Waals surface area contributed by atoms with Crippen LogP contribution in [0, 0.1) is 0 Å². The first kappa shape index (κ1) is 12.3. The smallest absolute Gasteiger partial charge is 0.297 e. The van der Waals surface area contributed by atoms with Gasteiger partial charge < -0.3 is 20.2 Å². The molecular weight excluding hydrogens is 258 g/mol. The third kappa shape index (κ3) is 2.23. The molecule has 94 valence electrons. The van der Waals surface area contributed by atoms with Crippen LogP contribution >= 0.6 is 11.6 Å². The Morgan fingerprint density at radius 3 is 2.83 bits per heavy atom. The van der Waals surface area contributed by atoms with Crippen LogP contribution in [0.3, 0.4) is 0 Å². The molecule has 2 aromatic rings. The molecule has 0 saturated heterocycles. The van der Waals surface area contributed by atoms with Crippen molar-refractivity contribution in [3.63, 3.8) is 0 Å². The lowest BCUT2D eigenvalue weighted by molar-refractivity contribution is 0.363. The minimum atomic E-state index is -0.451. The number of halogens is 1. The minimum Gasteiger partial charge on any atom is -0.487 e. The SMILES string of the molecule is COc1c(Oc2c(N)cccc2Cl)nc[nH]c1=O. The van der Waals surface area contributed by atoms with E-state index in [0.717, 1.165) is 0 Å². The van der Waals surface area contributed by atoms with Gasteiger partial charge in [0.15, 0.2) is 5.75 Å². The molecule has 6 nitrogen and oxygen atoms in total. The van der Waals surface area contributed by atoms with Crippen molar-refractivity contribution < 1.29 is 9.47 Å². The number of nitrogens with two attached hydrogens (primary N) is 1. The zero-order chi connectivity index (χ0) is 13.1. The molecule has 0 unspecified atom stereocenters. The predicted molar refractivity (Wildman–Crippen MR) is 67.3 cm³/mol. The number of rotatable bonds is 3. The number of ether oxygens (including phenoxy) is 2. The van der Waals surface area contributed by atoms with Crippen LogP contribution in [0.4, 0.5) is 5.69 Å². The second-order valence-corrected chi connectivity index (χ2v) is 3.74. The largest absolute Gasteiger partial charge is 0.487 e. The molecule has 1 aromatic heterocycles. The molecule has 0 fully saturated rings. The first-order valence-corrected chi connectivity index (χ1v) is 5.34. The molecule has 0 bridgehead atoms. The van der Waals surface area contributed by atoms with Crippen LogP contribution in [-0.2, 0) is 0 Å². The molecule has 1 heterocycles. The number of hydrogen-bond acceptors (Lipinski definition) is 5. The summed E-state index contributed by atoms with van der Waals surface area (Å²) in [7, 11) is 1.34. The number of nitrogens with zero attached hydrogens (tertiary/aromatic N) is 1. The highest BCUT2D eigenvalue weighted by Crippen LogP contribution is 2.35. The Bertz CT molecular complexity index is 607. The van der Waals surface area contributed by atoms with E-state index in [-0.39, 0.29) is 17.4 Å². The average Bonchev–Trinajstić information content (AvgIpc) is 2.34. The van der Waals surface area contributed by atoms with Gasteiger partial charge in [-0.1, -0.05) is 17.7 Å². The summed E-state index contributed by atoms with van der Waals surface area (Å²) in [5, 5.41) is 0.319. The van der Waals surface area contributed by atoms with Crippen molar-refractivity contribution in [2.24, 2.45) is 0 Å². The maximum atomic E-state index is 11.5. The van der Waals surface area contributed by atoms with Gasteiger partial charge in [0.05, 0.1) is 24.1 Å². The summed E-state index contributed by atoms with van der Waals surface area (Å²) >= 11 is 5.96. The van der Waals surface area contributed by atoms with E-state index in [0.29, 0.717) is 10.7 Å². The van der Waals surface area contributed by atoms with Crippen LogP contribution in [0.2, 0.25) is 5.02 Å². The summed E-state index contributed by atoms with van der Waals surface area (Å²) < 4.78 is 10.3. The number of aromatic nitrogens is 2. The normalized spacial score (nSPS) is 10.1. The van der Waals surface area contributed by atoms with Crippen molar-refractivity contribution in [1.29, 1.82) is 0 Å². The molecule has 1 aromatic carbocycles. The molecular formula is C11H10ClN3O3. The van der Waals surface area contributed by atoms with Crippen molar-refractivity contribution in [1.82, 2.24) is 9.97 Å². The Labute approximate surface area is 107 Å². The maximum absolute atomic E-state index is 11.5. The summed E-state index contributed by atoms with van der Waals surface area (Å²) in [6.07, 6.45) is 1.20. The van der Waals surface area contributed by atoms with Crippen molar-refractivity contribution in [3.05, 3.63) is 39.9 Å². The fourth-order valence-corrected chi connectivity index (χ4v) is 1.57. The van der Waals surface area contributed by atoms with Crippen LogP contribution in [0.5, 0.6) is 17.4 Å². The maximum Gasteiger partial charge on any atom is 0.297 e. The lowest BCUT2D eigenvalue weighted by Crippen LogP contribution is -2.11. The number of benzene rings is 1. The number of para-hydroxylation sites is 1. The van der Waals surface area contributed by atoms with Gasteiger partial charge in [-0.3, -0.25) is 4.79 Å².